The molecule has 22 heavy (non-hydrogen) atoms. The van der Waals surface area contributed by atoms with Gasteiger partial charge in [-0.05, 0) is 50.2 Å². The molecule has 1 aliphatic rings. The number of aryl methyl sites for hydroxylation is 1. The SMILES string of the molecule is Cc1ccc(C=CC(=O)NCCc2n[nH]c(=S)n2C2CC2)o1. The number of furan rings is 1. The Labute approximate surface area is 133 Å². The summed E-state index contributed by atoms with van der Waals surface area (Å²) in [5.74, 6) is 2.24. The average Bonchev–Trinajstić information content (AvgIpc) is 3.13. The third-order valence-corrected chi connectivity index (χ3v) is 3.79. The molecule has 6 nitrogen and oxygen atoms in total. The second kappa shape index (κ2) is 6.31. The van der Waals surface area contributed by atoms with Gasteiger partial charge < -0.3 is 14.3 Å². The lowest BCUT2D eigenvalue weighted by Gasteiger charge is -2.05. The molecule has 7 heteroatoms. The number of aromatic amines is 1. The summed E-state index contributed by atoms with van der Waals surface area (Å²) in [4.78, 5) is 11.8. The highest BCUT2D eigenvalue weighted by atomic mass is 32.1. The Morgan fingerprint density at radius 1 is 1.59 bits per heavy atom. The van der Waals surface area contributed by atoms with Crippen LogP contribution in [-0.4, -0.2) is 27.2 Å². The van der Waals surface area contributed by atoms with Crippen molar-refractivity contribution in [3.63, 3.8) is 0 Å². The van der Waals surface area contributed by atoms with Crippen molar-refractivity contribution in [1.82, 2.24) is 20.1 Å². The Morgan fingerprint density at radius 3 is 3.09 bits per heavy atom. The van der Waals surface area contributed by atoms with Gasteiger partial charge in [0.05, 0.1) is 0 Å². The van der Waals surface area contributed by atoms with Gasteiger partial charge in [0, 0.05) is 25.1 Å². The van der Waals surface area contributed by atoms with E-state index < -0.39 is 0 Å². The molecule has 0 radical (unpaired) electrons. The maximum Gasteiger partial charge on any atom is 0.244 e. The fraction of sp³-hybridized carbons (Fsp3) is 0.400. The second-order valence-electron chi connectivity index (χ2n) is 5.37. The second-order valence-corrected chi connectivity index (χ2v) is 5.76. The van der Waals surface area contributed by atoms with Crippen LogP contribution in [0.15, 0.2) is 22.6 Å². The molecule has 3 rings (SSSR count). The van der Waals surface area contributed by atoms with Crippen LogP contribution in [0.3, 0.4) is 0 Å². The van der Waals surface area contributed by atoms with Crippen LogP contribution < -0.4 is 5.32 Å². The van der Waals surface area contributed by atoms with Crippen molar-refractivity contribution in [2.75, 3.05) is 6.54 Å². The van der Waals surface area contributed by atoms with Gasteiger partial charge in [0.1, 0.15) is 17.3 Å². The van der Waals surface area contributed by atoms with E-state index in [0.29, 0.717) is 29.5 Å². The quantitative estimate of drug-likeness (QED) is 0.634. The summed E-state index contributed by atoms with van der Waals surface area (Å²) in [5, 5.41) is 9.89. The number of rotatable bonds is 6. The standard InChI is InChI=1S/C15H18N4O2S/c1-10-2-5-12(21-10)6-7-14(20)16-9-8-13-17-18-15(22)19(13)11-3-4-11/h2,5-7,11H,3-4,8-9H2,1H3,(H,16,20)(H,18,22). The van der Waals surface area contributed by atoms with Crippen molar-refractivity contribution in [1.29, 1.82) is 0 Å². The molecule has 1 fully saturated rings. The lowest BCUT2D eigenvalue weighted by molar-refractivity contribution is -0.116. The molecular weight excluding hydrogens is 300 g/mol. The molecule has 2 aromatic heterocycles. The van der Waals surface area contributed by atoms with E-state index in [0.717, 1.165) is 24.4 Å². The molecule has 116 valence electrons. The predicted octanol–water partition coefficient (Wildman–Crippen LogP) is 2.55. The first-order chi connectivity index (χ1) is 10.6. The van der Waals surface area contributed by atoms with Crippen molar-refractivity contribution in [2.24, 2.45) is 0 Å². The number of amides is 1. The number of carbonyl (C=O) groups excluding carboxylic acids is 1. The number of nitrogens with zero attached hydrogens (tertiary/aromatic N) is 2. The minimum absolute atomic E-state index is 0.152. The fourth-order valence-corrected chi connectivity index (χ4v) is 2.58. The van der Waals surface area contributed by atoms with Gasteiger partial charge in [-0.25, -0.2) is 0 Å². The minimum atomic E-state index is -0.152. The number of aromatic nitrogens is 3. The number of nitrogens with one attached hydrogen (secondary N) is 2. The zero-order valence-electron chi connectivity index (χ0n) is 12.3. The normalized spacial score (nSPS) is 14.6. The molecule has 0 bridgehead atoms. The summed E-state index contributed by atoms with van der Waals surface area (Å²) in [6.45, 7) is 2.39. The summed E-state index contributed by atoms with van der Waals surface area (Å²) in [6, 6.07) is 4.17. The smallest absolute Gasteiger partial charge is 0.244 e. The average molecular weight is 318 g/mol. The summed E-state index contributed by atoms with van der Waals surface area (Å²) in [7, 11) is 0. The minimum Gasteiger partial charge on any atom is -0.462 e. The van der Waals surface area contributed by atoms with E-state index in [-0.39, 0.29) is 5.91 Å². The van der Waals surface area contributed by atoms with Gasteiger partial charge in [-0.2, -0.15) is 5.10 Å². The van der Waals surface area contributed by atoms with Crippen LogP contribution in [0.4, 0.5) is 0 Å². The van der Waals surface area contributed by atoms with Gasteiger partial charge in [0.2, 0.25) is 5.91 Å². The third-order valence-electron chi connectivity index (χ3n) is 3.50. The first kappa shape index (κ1) is 14.8. The van der Waals surface area contributed by atoms with Crippen LogP contribution in [0.2, 0.25) is 0 Å². The first-order valence-corrected chi connectivity index (χ1v) is 7.72. The zero-order chi connectivity index (χ0) is 15.5. The van der Waals surface area contributed by atoms with E-state index in [4.69, 9.17) is 16.6 Å². The third kappa shape index (κ3) is 3.54. The molecule has 0 saturated heterocycles. The maximum atomic E-state index is 11.8. The highest BCUT2D eigenvalue weighted by molar-refractivity contribution is 7.71. The summed E-state index contributed by atoms with van der Waals surface area (Å²) in [5.41, 5.74) is 0. The van der Waals surface area contributed by atoms with Gasteiger partial charge >= 0.3 is 0 Å². The van der Waals surface area contributed by atoms with Gasteiger partial charge in [-0.15, -0.1) is 0 Å². The van der Waals surface area contributed by atoms with Crippen LogP contribution >= 0.6 is 12.2 Å². The van der Waals surface area contributed by atoms with Crippen LogP contribution in [0.5, 0.6) is 0 Å². The number of carbonyl (C=O) groups is 1. The molecular formula is C15H18N4O2S. The molecule has 2 heterocycles. The van der Waals surface area contributed by atoms with Crippen LogP contribution in [0.1, 0.15) is 36.2 Å². The van der Waals surface area contributed by atoms with Crippen molar-refractivity contribution >= 4 is 24.2 Å². The molecule has 0 aromatic carbocycles. The van der Waals surface area contributed by atoms with Gasteiger partial charge in [-0.1, -0.05) is 0 Å². The predicted molar refractivity (Wildman–Crippen MR) is 84.9 cm³/mol. The van der Waals surface area contributed by atoms with Crippen LogP contribution in [-0.2, 0) is 11.2 Å². The first-order valence-electron chi connectivity index (χ1n) is 7.31. The monoisotopic (exact) mass is 318 g/mol. The largest absolute Gasteiger partial charge is 0.462 e. The van der Waals surface area contributed by atoms with Crippen molar-refractivity contribution in [3.05, 3.63) is 40.3 Å². The van der Waals surface area contributed by atoms with Crippen molar-refractivity contribution in [3.8, 4) is 0 Å². The lowest BCUT2D eigenvalue weighted by Crippen LogP contribution is -2.24. The summed E-state index contributed by atoms with van der Waals surface area (Å²) in [6.07, 6.45) is 6.08. The summed E-state index contributed by atoms with van der Waals surface area (Å²) >= 11 is 5.22. The van der Waals surface area contributed by atoms with E-state index in [1.807, 2.05) is 19.1 Å². The fourth-order valence-electron chi connectivity index (χ4n) is 2.28. The Hall–Kier alpha value is -2.15. The Bertz CT molecular complexity index is 752. The van der Waals surface area contributed by atoms with Gasteiger partial charge in [-0.3, -0.25) is 9.89 Å². The number of hydrogen-bond donors (Lipinski definition) is 2. The molecule has 2 aromatic rings. The maximum absolute atomic E-state index is 11.8. The zero-order valence-corrected chi connectivity index (χ0v) is 13.2. The molecule has 1 amide bonds. The van der Waals surface area contributed by atoms with E-state index in [2.05, 4.69) is 20.1 Å². The molecule has 0 atom stereocenters. The lowest BCUT2D eigenvalue weighted by atomic mass is 10.3. The van der Waals surface area contributed by atoms with Crippen LogP contribution in [0.25, 0.3) is 6.08 Å². The Balaban J connectivity index is 1.49. The molecule has 1 saturated carbocycles. The molecule has 2 N–H and O–H groups in total. The van der Waals surface area contributed by atoms with Gasteiger partial charge in [0.25, 0.3) is 0 Å². The van der Waals surface area contributed by atoms with E-state index in [1.54, 1.807) is 6.08 Å². The molecule has 1 aliphatic carbocycles. The van der Waals surface area contributed by atoms with Gasteiger partial charge in [0.15, 0.2) is 4.77 Å². The highest BCUT2D eigenvalue weighted by Crippen LogP contribution is 2.35. The molecule has 0 aliphatic heterocycles. The number of hydrogen-bond acceptors (Lipinski definition) is 4. The highest BCUT2D eigenvalue weighted by Gasteiger charge is 2.26. The van der Waals surface area contributed by atoms with E-state index >= 15 is 0 Å². The van der Waals surface area contributed by atoms with Crippen LogP contribution in [0, 0.1) is 11.7 Å². The molecule has 0 spiro atoms. The van der Waals surface area contributed by atoms with E-state index in [9.17, 15) is 4.79 Å². The van der Waals surface area contributed by atoms with Crippen molar-refractivity contribution < 1.29 is 9.21 Å². The Kier molecular flexibility index (Phi) is 4.24. The van der Waals surface area contributed by atoms with E-state index in [1.165, 1.54) is 6.08 Å². The summed E-state index contributed by atoms with van der Waals surface area (Å²) < 4.78 is 8.09. The van der Waals surface area contributed by atoms with Crippen molar-refractivity contribution in [2.45, 2.75) is 32.2 Å². The number of H-pyrrole nitrogens is 1. The Morgan fingerprint density at radius 2 is 2.41 bits per heavy atom. The topological polar surface area (TPSA) is 75.8 Å². The molecule has 0 unspecified atom stereocenters.